The minimum Gasteiger partial charge on any atom is -0.489 e. The molecule has 2 aromatic rings. The maximum Gasteiger partial charge on any atom is 0.143 e. The molecule has 0 saturated carbocycles. The molecule has 3 N–H and O–H groups in total. The van der Waals surface area contributed by atoms with Crippen molar-refractivity contribution in [2.45, 2.75) is 13.0 Å². The number of benzene rings is 2. The number of hydrogen-bond donors (Lipinski definition) is 2. The van der Waals surface area contributed by atoms with Crippen molar-refractivity contribution in [3.05, 3.63) is 65.5 Å². The highest BCUT2D eigenvalue weighted by molar-refractivity contribution is 5.82. The van der Waals surface area contributed by atoms with Crippen LogP contribution in [0.4, 0.5) is 4.39 Å². The first-order valence-electron chi connectivity index (χ1n) is 6.10. The van der Waals surface area contributed by atoms with Crippen LogP contribution >= 0.6 is 0 Å². The van der Waals surface area contributed by atoms with E-state index in [2.05, 4.69) is 5.16 Å². The molecule has 0 heterocycles. The third-order valence-electron chi connectivity index (χ3n) is 2.76. The lowest BCUT2D eigenvalue weighted by Gasteiger charge is -2.07. The van der Waals surface area contributed by atoms with Crippen LogP contribution in [-0.2, 0) is 13.0 Å². The summed E-state index contributed by atoms with van der Waals surface area (Å²) in [6, 6.07) is 13.5. The van der Waals surface area contributed by atoms with Crippen LogP contribution in [0.2, 0.25) is 0 Å². The lowest BCUT2D eigenvalue weighted by molar-refractivity contribution is 0.306. The maximum atomic E-state index is 12.7. The van der Waals surface area contributed by atoms with E-state index in [0.717, 1.165) is 11.1 Å². The molecule has 0 saturated heterocycles. The van der Waals surface area contributed by atoms with Gasteiger partial charge in [0.1, 0.15) is 24.0 Å². The van der Waals surface area contributed by atoms with Gasteiger partial charge in [0.05, 0.1) is 0 Å². The SMILES string of the molecule is N/C(Cc1ccc(OCc2ccc(F)cc2)cc1)=N\O. The molecule has 0 aliphatic heterocycles. The molecule has 0 radical (unpaired) electrons. The zero-order valence-corrected chi connectivity index (χ0v) is 10.8. The van der Waals surface area contributed by atoms with Crippen molar-refractivity contribution in [2.75, 3.05) is 0 Å². The van der Waals surface area contributed by atoms with E-state index in [-0.39, 0.29) is 11.7 Å². The van der Waals surface area contributed by atoms with E-state index in [1.807, 2.05) is 24.3 Å². The fraction of sp³-hybridized carbons (Fsp3) is 0.133. The van der Waals surface area contributed by atoms with Gasteiger partial charge in [-0.15, -0.1) is 0 Å². The van der Waals surface area contributed by atoms with Crippen LogP contribution in [0.5, 0.6) is 5.75 Å². The molecule has 5 heteroatoms. The summed E-state index contributed by atoms with van der Waals surface area (Å²) in [5, 5.41) is 11.4. The van der Waals surface area contributed by atoms with Crippen molar-refractivity contribution in [2.24, 2.45) is 10.9 Å². The second-order valence-corrected chi connectivity index (χ2v) is 4.33. The summed E-state index contributed by atoms with van der Waals surface area (Å²) >= 11 is 0. The zero-order chi connectivity index (χ0) is 14.4. The number of amidine groups is 1. The first-order valence-corrected chi connectivity index (χ1v) is 6.10. The van der Waals surface area contributed by atoms with Gasteiger partial charge in [-0.25, -0.2) is 4.39 Å². The molecule has 0 bridgehead atoms. The third-order valence-corrected chi connectivity index (χ3v) is 2.76. The molecule has 0 aromatic heterocycles. The van der Waals surface area contributed by atoms with E-state index in [1.165, 1.54) is 12.1 Å². The Bertz CT molecular complexity index is 580. The van der Waals surface area contributed by atoms with Gasteiger partial charge in [-0.2, -0.15) is 0 Å². The topological polar surface area (TPSA) is 67.8 Å². The Labute approximate surface area is 116 Å². The highest BCUT2D eigenvalue weighted by Crippen LogP contribution is 2.15. The van der Waals surface area contributed by atoms with Crippen molar-refractivity contribution in [3.63, 3.8) is 0 Å². The monoisotopic (exact) mass is 274 g/mol. The predicted octanol–water partition coefficient (Wildman–Crippen LogP) is 2.69. The summed E-state index contributed by atoms with van der Waals surface area (Å²) in [7, 11) is 0. The minimum absolute atomic E-state index is 0.157. The van der Waals surface area contributed by atoms with Crippen LogP contribution in [0.1, 0.15) is 11.1 Å². The number of oxime groups is 1. The van der Waals surface area contributed by atoms with E-state index < -0.39 is 0 Å². The molecule has 0 fully saturated rings. The van der Waals surface area contributed by atoms with Crippen molar-refractivity contribution >= 4 is 5.84 Å². The largest absolute Gasteiger partial charge is 0.489 e. The van der Waals surface area contributed by atoms with Crippen LogP contribution in [-0.4, -0.2) is 11.0 Å². The minimum atomic E-state index is -0.263. The van der Waals surface area contributed by atoms with Crippen LogP contribution in [0.25, 0.3) is 0 Å². The third kappa shape index (κ3) is 3.98. The fourth-order valence-corrected chi connectivity index (χ4v) is 1.70. The number of hydrogen-bond acceptors (Lipinski definition) is 3. The second kappa shape index (κ2) is 6.56. The quantitative estimate of drug-likeness (QED) is 0.381. The van der Waals surface area contributed by atoms with Gasteiger partial charge >= 0.3 is 0 Å². The first kappa shape index (κ1) is 13.9. The highest BCUT2D eigenvalue weighted by Gasteiger charge is 2.00. The number of rotatable bonds is 5. The van der Waals surface area contributed by atoms with Crippen LogP contribution < -0.4 is 10.5 Å². The van der Waals surface area contributed by atoms with E-state index in [0.29, 0.717) is 18.8 Å². The molecule has 2 rings (SSSR count). The lowest BCUT2D eigenvalue weighted by Crippen LogP contribution is -2.14. The van der Waals surface area contributed by atoms with E-state index in [9.17, 15) is 4.39 Å². The molecule has 20 heavy (non-hydrogen) atoms. The second-order valence-electron chi connectivity index (χ2n) is 4.33. The highest BCUT2D eigenvalue weighted by atomic mass is 19.1. The van der Waals surface area contributed by atoms with Crippen LogP contribution in [0.3, 0.4) is 0 Å². The van der Waals surface area contributed by atoms with Gasteiger partial charge in [0, 0.05) is 6.42 Å². The van der Waals surface area contributed by atoms with E-state index >= 15 is 0 Å². The average Bonchev–Trinajstić information content (AvgIpc) is 2.48. The molecule has 0 amide bonds. The van der Waals surface area contributed by atoms with Gasteiger partial charge in [-0.3, -0.25) is 0 Å². The number of halogens is 1. The summed E-state index contributed by atoms with van der Waals surface area (Å²) < 4.78 is 18.3. The maximum absolute atomic E-state index is 12.7. The molecule has 4 nitrogen and oxygen atoms in total. The molecule has 0 spiro atoms. The van der Waals surface area contributed by atoms with Crippen molar-refractivity contribution in [1.29, 1.82) is 0 Å². The summed E-state index contributed by atoms with van der Waals surface area (Å²) in [6.45, 7) is 0.375. The fourth-order valence-electron chi connectivity index (χ4n) is 1.70. The number of ether oxygens (including phenoxy) is 1. The smallest absolute Gasteiger partial charge is 0.143 e. The van der Waals surface area contributed by atoms with Gasteiger partial charge in [0.25, 0.3) is 0 Å². The average molecular weight is 274 g/mol. The van der Waals surface area contributed by atoms with Gasteiger partial charge in [0.2, 0.25) is 0 Å². The van der Waals surface area contributed by atoms with Crippen molar-refractivity contribution < 1.29 is 14.3 Å². The summed E-state index contributed by atoms with van der Waals surface area (Å²) in [4.78, 5) is 0. The Balaban J connectivity index is 1.92. The summed E-state index contributed by atoms with van der Waals surface area (Å²) in [5.74, 6) is 0.601. The molecule has 2 aromatic carbocycles. The van der Waals surface area contributed by atoms with Gasteiger partial charge < -0.3 is 15.7 Å². The Morgan fingerprint density at radius 1 is 1.05 bits per heavy atom. The summed E-state index contributed by atoms with van der Waals surface area (Å²) in [6.07, 6.45) is 0.384. The molecule has 0 aliphatic carbocycles. The molecular weight excluding hydrogens is 259 g/mol. The van der Waals surface area contributed by atoms with Crippen molar-refractivity contribution in [1.82, 2.24) is 0 Å². The molecule has 0 atom stereocenters. The Morgan fingerprint density at radius 2 is 1.65 bits per heavy atom. The van der Waals surface area contributed by atoms with Gasteiger partial charge in [-0.05, 0) is 35.4 Å². The Kier molecular flexibility index (Phi) is 4.55. The zero-order valence-electron chi connectivity index (χ0n) is 10.8. The standard InChI is InChI=1S/C15H15FN2O2/c16-13-5-1-12(2-6-13)10-20-14-7-3-11(4-8-14)9-15(17)18-19/h1-8,19H,9-10H2,(H2,17,18). The predicted molar refractivity (Wildman–Crippen MR) is 74.3 cm³/mol. The van der Waals surface area contributed by atoms with E-state index in [1.54, 1.807) is 12.1 Å². The van der Waals surface area contributed by atoms with Crippen LogP contribution in [0, 0.1) is 5.82 Å². The van der Waals surface area contributed by atoms with Gasteiger partial charge in [0.15, 0.2) is 0 Å². The molecular formula is C15H15FN2O2. The van der Waals surface area contributed by atoms with Gasteiger partial charge in [-0.1, -0.05) is 29.4 Å². The molecule has 0 aliphatic rings. The summed E-state index contributed by atoms with van der Waals surface area (Å²) in [5.41, 5.74) is 7.25. The number of nitrogens with zero attached hydrogens (tertiary/aromatic N) is 1. The normalized spacial score (nSPS) is 11.3. The van der Waals surface area contributed by atoms with E-state index in [4.69, 9.17) is 15.7 Å². The Hall–Kier alpha value is -2.56. The lowest BCUT2D eigenvalue weighted by atomic mass is 10.1. The molecule has 0 unspecified atom stereocenters. The Morgan fingerprint density at radius 3 is 2.25 bits per heavy atom. The first-order chi connectivity index (χ1) is 9.67. The molecule has 104 valence electrons. The van der Waals surface area contributed by atoms with Crippen LogP contribution in [0.15, 0.2) is 53.7 Å². The van der Waals surface area contributed by atoms with Crippen molar-refractivity contribution in [3.8, 4) is 5.75 Å². The number of nitrogens with two attached hydrogens (primary N) is 1.